The van der Waals surface area contributed by atoms with E-state index in [0.717, 1.165) is 11.1 Å². The number of nitrogens with zero attached hydrogens (tertiary/aromatic N) is 1. The Bertz CT molecular complexity index is 794. The van der Waals surface area contributed by atoms with Crippen LogP contribution in [0.5, 0.6) is 5.75 Å². The predicted molar refractivity (Wildman–Crippen MR) is 88.9 cm³/mol. The second-order valence-corrected chi connectivity index (χ2v) is 5.20. The number of aryl methyl sites for hydroxylation is 2. The molecule has 0 aliphatic rings. The van der Waals surface area contributed by atoms with Crippen LogP contribution in [-0.2, 0) is 0 Å². The average Bonchev–Trinajstić information content (AvgIpc) is 2.52. The van der Waals surface area contributed by atoms with Crippen molar-refractivity contribution in [1.29, 1.82) is 0 Å². The maximum absolute atomic E-state index is 12.2. The van der Waals surface area contributed by atoms with Crippen LogP contribution in [0.15, 0.2) is 42.5 Å². The lowest BCUT2D eigenvalue weighted by Gasteiger charge is -2.05. The lowest BCUT2D eigenvalue weighted by molar-refractivity contribution is -0.385. The van der Waals surface area contributed by atoms with Gasteiger partial charge in [-0.3, -0.25) is 14.9 Å². The molecule has 2 aromatic carbocycles. The van der Waals surface area contributed by atoms with Crippen LogP contribution >= 0.6 is 0 Å². The van der Waals surface area contributed by atoms with Gasteiger partial charge in [0.2, 0.25) is 0 Å². The van der Waals surface area contributed by atoms with Crippen molar-refractivity contribution in [3.63, 3.8) is 0 Å². The Morgan fingerprint density at radius 3 is 2.57 bits per heavy atom. The van der Waals surface area contributed by atoms with E-state index in [0.29, 0.717) is 11.3 Å². The van der Waals surface area contributed by atoms with Gasteiger partial charge < -0.3 is 4.74 Å². The summed E-state index contributed by atoms with van der Waals surface area (Å²) in [7, 11) is 1.56. The molecule has 0 aliphatic carbocycles. The monoisotopic (exact) mass is 311 g/mol. The van der Waals surface area contributed by atoms with E-state index in [1.165, 1.54) is 12.1 Å². The molecule has 0 aliphatic heterocycles. The third-order valence-electron chi connectivity index (χ3n) is 3.49. The molecule has 5 heteroatoms. The molecule has 0 radical (unpaired) electrons. The number of hydrogen-bond donors (Lipinski definition) is 0. The lowest BCUT2D eigenvalue weighted by Crippen LogP contribution is -1.98. The highest BCUT2D eigenvalue weighted by atomic mass is 16.6. The van der Waals surface area contributed by atoms with Crippen LogP contribution in [0.25, 0.3) is 6.08 Å². The third-order valence-corrected chi connectivity index (χ3v) is 3.49. The van der Waals surface area contributed by atoms with E-state index in [1.54, 1.807) is 32.2 Å². The number of ether oxygens (including phenoxy) is 1. The fourth-order valence-corrected chi connectivity index (χ4v) is 2.21. The van der Waals surface area contributed by atoms with Crippen LogP contribution in [0.3, 0.4) is 0 Å². The molecule has 0 fully saturated rings. The molecule has 0 aromatic heterocycles. The SMILES string of the molecule is COc1ccc(C)cc1/C=C/C(=O)c1ccc(C)c([N+](=O)[O-])c1. The van der Waals surface area contributed by atoms with Crippen molar-refractivity contribution in [3.05, 3.63) is 74.8 Å². The van der Waals surface area contributed by atoms with Gasteiger partial charge in [-0.15, -0.1) is 0 Å². The van der Waals surface area contributed by atoms with Gasteiger partial charge in [-0.25, -0.2) is 0 Å². The van der Waals surface area contributed by atoms with Gasteiger partial charge in [0.1, 0.15) is 5.75 Å². The molecule has 0 saturated heterocycles. The van der Waals surface area contributed by atoms with Crippen molar-refractivity contribution in [3.8, 4) is 5.75 Å². The summed E-state index contributed by atoms with van der Waals surface area (Å²) in [6, 6.07) is 10.1. The zero-order valence-electron chi connectivity index (χ0n) is 13.2. The molecule has 0 saturated carbocycles. The number of ketones is 1. The molecule has 5 nitrogen and oxygen atoms in total. The number of benzene rings is 2. The summed E-state index contributed by atoms with van der Waals surface area (Å²) >= 11 is 0. The van der Waals surface area contributed by atoms with Crippen LogP contribution in [0, 0.1) is 24.0 Å². The number of carbonyl (C=O) groups is 1. The van der Waals surface area contributed by atoms with E-state index in [2.05, 4.69) is 0 Å². The fraction of sp³-hybridized carbons (Fsp3) is 0.167. The van der Waals surface area contributed by atoms with Gasteiger partial charge in [-0.2, -0.15) is 0 Å². The fourth-order valence-electron chi connectivity index (χ4n) is 2.21. The molecular formula is C18H17NO4. The molecule has 23 heavy (non-hydrogen) atoms. The number of nitro groups is 1. The number of nitro benzene ring substituents is 1. The summed E-state index contributed by atoms with van der Waals surface area (Å²) in [6.45, 7) is 3.59. The second kappa shape index (κ2) is 6.87. The molecular weight excluding hydrogens is 294 g/mol. The Kier molecular flexibility index (Phi) is 4.91. The van der Waals surface area contributed by atoms with Crippen molar-refractivity contribution in [2.75, 3.05) is 7.11 Å². The third kappa shape index (κ3) is 3.83. The maximum atomic E-state index is 12.2. The number of rotatable bonds is 5. The highest BCUT2D eigenvalue weighted by molar-refractivity contribution is 6.07. The highest BCUT2D eigenvalue weighted by Gasteiger charge is 2.13. The highest BCUT2D eigenvalue weighted by Crippen LogP contribution is 2.22. The summed E-state index contributed by atoms with van der Waals surface area (Å²) in [4.78, 5) is 22.7. The number of methoxy groups -OCH3 is 1. The molecule has 0 N–H and O–H groups in total. The summed E-state index contributed by atoms with van der Waals surface area (Å²) in [6.07, 6.45) is 3.05. The van der Waals surface area contributed by atoms with Crippen LogP contribution < -0.4 is 4.74 Å². The lowest BCUT2D eigenvalue weighted by atomic mass is 10.0. The van der Waals surface area contributed by atoms with Gasteiger partial charge in [-0.1, -0.05) is 23.8 Å². The summed E-state index contributed by atoms with van der Waals surface area (Å²) < 4.78 is 5.25. The number of carbonyl (C=O) groups excluding carboxylic acids is 1. The van der Waals surface area contributed by atoms with Crippen LogP contribution in [-0.4, -0.2) is 17.8 Å². The van der Waals surface area contributed by atoms with Gasteiger partial charge in [-0.05, 0) is 38.1 Å². The first-order valence-electron chi connectivity index (χ1n) is 7.04. The van der Waals surface area contributed by atoms with E-state index >= 15 is 0 Å². The Morgan fingerprint density at radius 1 is 1.17 bits per heavy atom. The van der Waals surface area contributed by atoms with Crippen molar-refractivity contribution in [2.45, 2.75) is 13.8 Å². The van der Waals surface area contributed by atoms with Gasteiger partial charge >= 0.3 is 0 Å². The zero-order valence-corrected chi connectivity index (χ0v) is 13.2. The summed E-state index contributed by atoms with van der Waals surface area (Å²) in [5, 5.41) is 11.0. The van der Waals surface area contributed by atoms with E-state index in [9.17, 15) is 14.9 Å². The van der Waals surface area contributed by atoms with Crippen molar-refractivity contribution in [2.24, 2.45) is 0 Å². The molecule has 0 atom stereocenters. The number of allylic oxidation sites excluding steroid dienone is 1. The van der Waals surface area contributed by atoms with E-state index < -0.39 is 4.92 Å². The minimum Gasteiger partial charge on any atom is -0.496 e. The Morgan fingerprint density at radius 2 is 1.91 bits per heavy atom. The zero-order chi connectivity index (χ0) is 17.0. The Balaban J connectivity index is 2.31. The van der Waals surface area contributed by atoms with Crippen molar-refractivity contribution in [1.82, 2.24) is 0 Å². The first-order chi connectivity index (χ1) is 10.9. The Hall–Kier alpha value is -2.95. The van der Waals surface area contributed by atoms with Gasteiger partial charge in [0.25, 0.3) is 5.69 Å². The largest absolute Gasteiger partial charge is 0.496 e. The predicted octanol–water partition coefficient (Wildman–Crippen LogP) is 4.12. The van der Waals surface area contributed by atoms with E-state index in [1.807, 2.05) is 25.1 Å². The van der Waals surface area contributed by atoms with Crippen molar-refractivity contribution < 1.29 is 14.5 Å². The van der Waals surface area contributed by atoms with E-state index in [-0.39, 0.29) is 17.0 Å². The minimum atomic E-state index is -0.487. The quantitative estimate of drug-likeness (QED) is 0.360. The van der Waals surface area contributed by atoms with Crippen molar-refractivity contribution >= 4 is 17.5 Å². The molecule has 0 unspecified atom stereocenters. The van der Waals surface area contributed by atoms with Crippen LogP contribution in [0.2, 0.25) is 0 Å². The second-order valence-electron chi connectivity index (χ2n) is 5.20. The number of hydrogen-bond acceptors (Lipinski definition) is 4. The first-order valence-corrected chi connectivity index (χ1v) is 7.04. The molecule has 2 aromatic rings. The van der Waals surface area contributed by atoms with Gasteiger partial charge in [0.15, 0.2) is 5.78 Å². The van der Waals surface area contributed by atoms with Gasteiger partial charge in [0, 0.05) is 22.8 Å². The Labute approximate surface area is 134 Å². The van der Waals surface area contributed by atoms with Crippen LogP contribution in [0.1, 0.15) is 27.0 Å². The molecule has 0 heterocycles. The smallest absolute Gasteiger partial charge is 0.273 e. The molecule has 118 valence electrons. The average molecular weight is 311 g/mol. The summed E-state index contributed by atoms with van der Waals surface area (Å²) in [5.74, 6) is 0.367. The minimum absolute atomic E-state index is 0.0580. The molecule has 2 rings (SSSR count). The maximum Gasteiger partial charge on any atom is 0.273 e. The molecule has 0 amide bonds. The normalized spacial score (nSPS) is 10.7. The summed E-state index contributed by atoms with van der Waals surface area (Å²) in [5.41, 5.74) is 2.57. The molecule has 0 spiro atoms. The standard InChI is InChI=1S/C18H17NO4/c1-12-4-9-18(23-3)15(10-12)7-8-17(20)14-6-5-13(2)16(11-14)19(21)22/h4-11H,1-3H3/b8-7+. The molecule has 0 bridgehead atoms. The first kappa shape index (κ1) is 16.4. The topological polar surface area (TPSA) is 69.4 Å². The van der Waals surface area contributed by atoms with Crippen LogP contribution in [0.4, 0.5) is 5.69 Å². The van der Waals surface area contributed by atoms with Gasteiger partial charge in [0.05, 0.1) is 12.0 Å². The van der Waals surface area contributed by atoms with E-state index in [4.69, 9.17) is 4.74 Å².